The zero-order valence-corrected chi connectivity index (χ0v) is 24.6. The fraction of sp³-hybridized carbons (Fsp3) is 0.321. The van der Waals surface area contributed by atoms with E-state index in [0.29, 0.717) is 11.6 Å². The van der Waals surface area contributed by atoms with Crippen molar-refractivity contribution in [2.24, 2.45) is 0 Å². The van der Waals surface area contributed by atoms with E-state index >= 15 is 0 Å². The number of aryl methyl sites for hydroxylation is 1. The molecule has 0 saturated carbocycles. The number of carboxylic acids is 1. The minimum atomic E-state index is -5.08. The Balaban J connectivity index is 0.000000616. The van der Waals surface area contributed by atoms with Crippen LogP contribution in [0.5, 0.6) is 0 Å². The molecule has 2 atom stereocenters. The van der Waals surface area contributed by atoms with Crippen molar-refractivity contribution >= 4 is 50.2 Å². The van der Waals surface area contributed by atoms with Crippen LogP contribution in [-0.4, -0.2) is 57.9 Å². The SMILES string of the molecule is O=C(C=C[C@H](CCc1ccccc1)NC(=O)[C@@H]1CCCCN1)Nc1nnc(-c2ccc(Br)cc2)s1.O=C(O)C(F)(F)F. The van der Waals surface area contributed by atoms with Crippen LogP contribution in [0, 0.1) is 0 Å². The van der Waals surface area contributed by atoms with Crippen molar-refractivity contribution in [1.29, 1.82) is 0 Å². The molecule has 0 bridgehead atoms. The summed E-state index contributed by atoms with van der Waals surface area (Å²) in [6.45, 7) is 0.856. The number of carboxylic acid groups (broad SMARTS) is 1. The summed E-state index contributed by atoms with van der Waals surface area (Å²) in [7, 11) is 0. The molecule has 4 N–H and O–H groups in total. The molecule has 0 unspecified atom stereocenters. The summed E-state index contributed by atoms with van der Waals surface area (Å²) in [6.07, 6.45) is 2.60. The maximum Gasteiger partial charge on any atom is 0.490 e. The number of aliphatic carboxylic acids is 1. The number of anilines is 1. The van der Waals surface area contributed by atoms with Crippen molar-refractivity contribution in [1.82, 2.24) is 20.8 Å². The maximum atomic E-state index is 12.8. The molecule has 224 valence electrons. The molecule has 9 nitrogen and oxygen atoms in total. The molecule has 0 aliphatic carbocycles. The Labute approximate surface area is 252 Å². The molecule has 4 rings (SSSR count). The maximum absolute atomic E-state index is 12.8. The van der Waals surface area contributed by atoms with Gasteiger partial charge in [0.25, 0.3) is 0 Å². The number of hydrogen-bond donors (Lipinski definition) is 4. The Hall–Kier alpha value is -3.62. The van der Waals surface area contributed by atoms with Crippen molar-refractivity contribution in [2.45, 2.75) is 50.4 Å². The van der Waals surface area contributed by atoms with Gasteiger partial charge in [0.05, 0.1) is 6.04 Å². The predicted octanol–water partition coefficient (Wildman–Crippen LogP) is 5.36. The van der Waals surface area contributed by atoms with Gasteiger partial charge in [-0.15, -0.1) is 10.2 Å². The van der Waals surface area contributed by atoms with Gasteiger partial charge in [0.1, 0.15) is 5.01 Å². The van der Waals surface area contributed by atoms with Gasteiger partial charge in [0.15, 0.2) is 0 Å². The Bertz CT molecular complexity index is 1350. The van der Waals surface area contributed by atoms with Crippen LogP contribution >= 0.6 is 27.3 Å². The molecule has 2 aromatic carbocycles. The van der Waals surface area contributed by atoms with Crippen LogP contribution in [0.15, 0.2) is 71.2 Å². The number of halogens is 4. The highest BCUT2D eigenvalue weighted by Gasteiger charge is 2.38. The average Bonchev–Trinajstić information content (AvgIpc) is 3.44. The monoisotopic (exact) mass is 667 g/mol. The van der Waals surface area contributed by atoms with E-state index < -0.39 is 12.1 Å². The third-order valence-corrected chi connectivity index (χ3v) is 7.43. The van der Waals surface area contributed by atoms with Gasteiger partial charge < -0.3 is 15.7 Å². The topological polar surface area (TPSA) is 133 Å². The van der Waals surface area contributed by atoms with Gasteiger partial charge in [0.2, 0.25) is 16.9 Å². The molecule has 2 amide bonds. The van der Waals surface area contributed by atoms with Crippen LogP contribution in [-0.2, 0) is 20.8 Å². The predicted molar refractivity (Wildman–Crippen MR) is 157 cm³/mol. The van der Waals surface area contributed by atoms with Crippen LogP contribution in [0.1, 0.15) is 31.2 Å². The van der Waals surface area contributed by atoms with Crippen molar-refractivity contribution in [3.8, 4) is 10.6 Å². The van der Waals surface area contributed by atoms with Crippen LogP contribution in [0.3, 0.4) is 0 Å². The zero-order valence-electron chi connectivity index (χ0n) is 22.2. The van der Waals surface area contributed by atoms with E-state index in [4.69, 9.17) is 9.90 Å². The van der Waals surface area contributed by atoms with Crippen molar-refractivity contribution in [3.05, 3.63) is 76.8 Å². The number of piperidine rings is 1. The summed E-state index contributed by atoms with van der Waals surface area (Å²) < 4.78 is 32.7. The normalized spacial score (nSPS) is 15.8. The second-order valence-electron chi connectivity index (χ2n) is 9.21. The lowest BCUT2D eigenvalue weighted by atomic mass is 10.0. The second-order valence-corrected chi connectivity index (χ2v) is 11.1. The molecule has 1 saturated heterocycles. The highest BCUT2D eigenvalue weighted by Crippen LogP contribution is 2.27. The largest absolute Gasteiger partial charge is 0.490 e. The lowest BCUT2D eigenvalue weighted by molar-refractivity contribution is -0.192. The third-order valence-electron chi connectivity index (χ3n) is 6.01. The molecular formula is C28H29BrF3N5O4S. The Morgan fingerprint density at radius 2 is 1.79 bits per heavy atom. The molecule has 42 heavy (non-hydrogen) atoms. The molecule has 1 aromatic heterocycles. The first kappa shape index (κ1) is 32.9. The lowest BCUT2D eigenvalue weighted by Crippen LogP contribution is -2.49. The molecule has 0 spiro atoms. The van der Waals surface area contributed by atoms with Gasteiger partial charge in [-0.1, -0.05) is 82.2 Å². The highest BCUT2D eigenvalue weighted by atomic mass is 79.9. The van der Waals surface area contributed by atoms with Gasteiger partial charge in [-0.05, 0) is 49.9 Å². The molecule has 3 aromatic rings. The molecule has 1 aliphatic heterocycles. The first-order valence-corrected chi connectivity index (χ1v) is 14.6. The number of amides is 2. The minimum Gasteiger partial charge on any atom is -0.475 e. The molecule has 1 fully saturated rings. The quantitative estimate of drug-likeness (QED) is 0.226. The van der Waals surface area contributed by atoms with Crippen molar-refractivity contribution in [2.75, 3.05) is 11.9 Å². The summed E-state index contributed by atoms with van der Waals surface area (Å²) in [5.41, 5.74) is 2.12. The molecule has 14 heteroatoms. The van der Waals surface area contributed by atoms with Crippen LogP contribution in [0.25, 0.3) is 10.6 Å². The second kappa shape index (κ2) is 16.1. The first-order chi connectivity index (χ1) is 20.0. The van der Waals surface area contributed by atoms with Gasteiger partial charge in [0, 0.05) is 22.2 Å². The van der Waals surface area contributed by atoms with Crippen molar-refractivity contribution < 1.29 is 32.7 Å². The van der Waals surface area contributed by atoms with E-state index in [9.17, 15) is 22.8 Å². The number of alkyl halides is 3. The van der Waals surface area contributed by atoms with E-state index in [1.54, 1.807) is 6.08 Å². The Morgan fingerprint density at radius 1 is 1.10 bits per heavy atom. The van der Waals surface area contributed by atoms with Crippen LogP contribution in [0.4, 0.5) is 18.3 Å². The third kappa shape index (κ3) is 11.3. The number of carbonyl (C=O) groups excluding carboxylic acids is 2. The van der Waals surface area contributed by atoms with E-state index in [1.165, 1.54) is 23.0 Å². The smallest absolute Gasteiger partial charge is 0.475 e. The number of benzene rings is 2. The molecular weight excluding hydrogens is 639 g/mol. The Morgan fingerprint density at radius 3 is 2.40 bits per heavy atom. The summed E-state index contributed by atoms with van der Waals surface area (Å²) >= 11 is 4.73. The minimum absolute atomic E-state index is 0.0175. The first-order valence-electron chi connectivity index (χ1n) is 13.0. The summed E-state index contributed by atoms with van der Waals surface area (Å²) in [6, 6.07) is 17.4. The molecule has 1 aliphatic rings. The van der Waals surface area contributed by atoms with Gasteiger partial charge >= 0.3 is 12.1 Å². The van der Waals surface area contributed by atoms with Gasteiger partial charge in [-0.25, -0.2) is 4.79 Å². The summed E-state index contributed by atoms with van der Waals surface area (Å²) in [5.74, 6) is -3.08. The molecule has 2 heterocycles. The lowest BCUT2D eigenvalue weighted by Gasteiger charge is -2.25. The van der Waals surface area contributed by atoms with Gasteiger partial charge in [-0.2, -0.15) is 13.2 Å². The highest BCUT2D eigenvalue weighted by molar-refractivity contribution is 9.10. The Kier molecular flexibility index (Phi) is 12.6. The van der Waals surface area contributed by atoms with E-state index in [1.807, 2.05) is 42.5 Å². The molecule has 0 radical (unpaired) electrons. The van der Waals surface area contributed by atoms with E-state index in [2.05, 4.69) is 54.2 Å². The number of carbonyl (C=O) groups is 3. The standard InChI is InChI=1S/C26H28BrN5O2S.C2HF3O2/c27-20-12-10-19(11-13-20)25-31-32-26(35-25)30-23(33)16-15-21(14-9-18-6-2-1-3-7-18)29-24(34)22-8-4-5-17-28-22;3-2(4,5)1(6)7/h1-3,6-7,10-13,15-16,21-22,28H,4-5,8-9,14,17H2,(H,29,34)(H,30,32,33);(H,6,7)/t21-,22-;/m0./s1. The fourth-order valence-electron chi connectivity index (χ4n) is 3.88. The number of aromatic nitrogens is 2. The number of nitrogens with one attached hydrogen (secondary N) is 3. The summed E-state index contributed by atoms with van der Waals surface area (Å²) in [5, 5.41) is 25.7. The zero-order chi connectivity index (χ0) is 30.5. The van der Waals surface area contributed by atoms with E-state index in [0.717, 1.165) is 47.3 Å². The number of nitrogens with zero attached hydrogens (tertiary/aromatic N) is 2. The van der Waals surface area contributed by atoms with E-state index in [-0.39, 0.29) is 23.9 Å². The average molecular weight is 669 g/mol. The number of rotatable bonds is 9. The van der Waals surface area contributed by atoms with Gasteiger partial charge in [-0.3, -0.25) is 14.9 Å². The van der Waals surface area contributed by atoms with Crippen molar-refractivity contribution in [3.63, 3.8) is 0 Å². The summed E-state index contributed by atoms with van der Waals surface area (Å²) in [4.78, 5) is 34.3. The number of hydrogen-bond acceptors (Lipinski definition) is 7. The van der Waals surface area contributed by atoms with Crippen LogP contribution in [0.2, 0.25) is 0 Å². The fourth-order valence-corrected chi connectivity index (χ4v) is 4.89. The van der Waals surface area contributed by atoms with Crippen LogP contribution < -0.4 is 16.0 Å².